The van der Waals surface area contributed by atoms with Gasteiger partial charge in [0, 0.05) is 13.0 Å². The molecule has 1 heteroatoms. The van der Waals surface area contributed by atoms with Gasteiger partial charge in [0.15, 0.2) is 0 Å². The number of hydrogen-bond donors (Lipinski definition) is 0. The Morgan fingerprint density at radius 3 is 1.87 bits per heavy atom. The van der Waals surface area contributed by atoms with E-state index in [1.165, 1.54) is 33.4 Å². The number of benzene rings is 3. The first-order valence-electron chi connectivity index (χ1n) is 8.14. The highest BCUT2D eigenvalue weighted by molar-refractivity contribution is 5.80. The van der Waals surface area contributed by atoms with Crippen LogP contribution in [0.1, 0.15) is 28.2 Å². The molecule has 0 N–H and O–H groups in total. The van der Waals surface area contributed by atoms with Crippen molar-refractivity contribution in [2.75, 3.05) is 13.7 Å². The minimum Gasteiger partial charge on any atom is -0.384 e. The predicted molar refractivity (Wildman–Crippen MR) is 94.8 cm³/mol. The summed E-state index contributed by atoms with van der Waals surface area (Å²) in [7, 11) is 1.75. The molecule has 0 aliphatic heterocycles. The van der Waals surface area contributed by atoms with Crippen LogP contribution in [0.15, 0.2) is 72.8 Å². The minimum absolute atomic E-state index is 0.346. The van der Waals surface area contributed by atoms with Crippen molar-refractivity contribution in [3.05, 3.63) is 95.1 Å². The summed E-state index contributed by atoms with van der Waals surface area (Å²) in [5.41, 5.74) is 8.27. The molecule has 0 saturated carbocycles. The van der Waals surface area contributed by atoms with E-state index < -0.39 is 0 Å². The summed E-state index contributed by atoms with van der Waals surface area (Å²) in [6, 6.07) is 26.6. The van der Waals surface area contributed by atoms with E-state index in [1.807, 2.05) is 0 Å². The van der Waals surface area contributed by atoms with Crippen LogP contribution in [0, 0.1) is 0 Å². The van der Waals surface area contributed by atoms with E-state index in [-0.39, 0.29) is 0 Å². The highest BCUT2D eigenvalue weighted by Crippen LogP contribution is 2.47. The summed E-state index contributed by atoms with van der Waals surface area (Å²) in [6.07, 6.45) is 0.967. The van der Waals surface area contributed by atoms with Gasteiger partial charge in [-0.1, -0.05) is 72.8 Å². The second-order valence-electron chi connectivity index (χ2n) is 6.09. The van der Waals surface area contributed by atoms with Gasteiger partial charge in [0.1, 0.15) is 0 Å². The normalized spacial score (nSPS) is 12.9. The molecule has 1 aliphatic carbocycles. The van der Waals surface area contributed by atoms with Gasteiger partial charge < -0.3 is 4.74 Å². The molecule has 114 valence electrons. The average Bonchev–Trinajstić information content (AvgIpc) is 2.95. The van der Waals surface area contributed by atoms with Gasteiger partial charge in [0.05, 0.1) is 6.61 Å². The SMILES string of the molecule is COCCc1ccc(C2c3ccccc3-c3ccccc32)cc1. The largest absolute Gasteiger partial charge is 0.384 e. The lowest BCUT2D eigenvalue weighted by atomic mass is 9.89. The Morgan fingerprint density at radius 1 is 0.739 bits per heavy atom. The molecule has 0 amide bonds. The first-order chi connectivity index (χ1) is 11.4. The molecule has 0 unspecified atom stereocenters. The van der Waals surface area contributed by atoms with Crippen molar-refractivity contribution < 1.29 is 4.74 Å². The fraction of sp³-hybridized carbons (Fsp3) is 0.182. The predicted octanol–water partition coefficient (Wildman–Crippen LogP) is 5.04. The van der Waals surface area contributed by atoms with Crippen molar-refractivity contribution in [2.24, 2.45) is 0 Å². The van der Waals surface area contributed by atoms with Crippen molar-refractivity contribution in [1.29, 1.82) is 0 Å². The summed E-state index contributed by atoms with van der Waals surface area (Å²) in [5, 5.41) is 0. The van der Waals surface area contributed by atoms with Crippen molar-refractivity contribution >= 4 is 0 Å². The zero-order chi connectivity index (χ0) is 15.6. The van der Waals surface area contributed by atoms with E-state index in [9.17, 15) is 0 Å². The summed E-state index contributed by atoms with van der Waals surface area (Å²) in [5.74, 6) is 0.346. The van der Waals surface area contributed by atoms with Crippen molar-refractivity contribution in [1.82, 2.24) is 0 Å². The van der Waals surface area contributed by atoms with E-state index in [0.29, 0.717) is 5.92 Å². The second-order valence-corrected chi connectivity index (χ2v) is 6.09. The highest BCUT2D eigenvalue weighted by Gasteiger charge is 2.28. The third-order valence-corrected chi connectivity index (χ3v) is 4.74. The van der Waals surface area contributed by atoms with Gasteiger partial charge in [-0.2, -0.15) is 0 Å². The standard InChI is InChI=1S/C22H20O/c1-23-15-14-16-10-12-17(13-11-16)22-20-8-4-2-6-18(20)19-7-3-5-9-21(19)22/h2-13,22H,14-15H2,1H3. The van der Waals surface area contributed by atoms with Crippen molar-refractivity contribution in [2.45, 2.75) is 12.3 Å². The van der Waals surface area contributed by atoms with Gasteiger partial charge in [-0.15, -0.1) is 0 Å². The van der Waals surface area contributed by atoms with Gasteiger partial charge in [-0.3, -0.25) is 0 Å². The summed E-state index contributed by atoms with van der Waals surface area (Å²) in [4.78, 5) is 0. The van der Waals surface area contributed by atoms with Crippen LogP contribution < -0.4 is 0 Å². The number of methoxy groups -OCH3 is 1. The Morgan fingerprint density at radius 2 is 1.30 bits per heavy atom. The summed E-state index contributed by atoms with van der Waals surface area (Å²) in [6.45, 7) is 0.772. The molecule has 0 spiro atoms. The third-order valence-electron chi connectivity index (χ3n) is 4.74. The van der Waals surface area contributed by atoms with Gasteiger partial charge >= 0.3 is 0 Å². The van der Waals surface area contributed by atoms with E-state index in [2.05, 4.69) is 72.8 Å². The molecule has 1 aliphatic rings. The van der Waals surface area contributed by atoms with Crippen LogP contribution in [0.4, 0.5) is 0 Å². The number of hydrogen-bond acceptors (Lipinski definition) is 1. The molecule has 0 aromatic heterocycles. The molecule has 1 nitrogen and oxygen atoms in total. The van der Waals surface area contributed by atoms with E-state index in [4.69, 9.17) is 4.74 Å². The molecule has 3 aromatic rings. The van der Waals surface area contributed by atoms with Crippen molar-refractivity contribution in [3.8, 4) is 11.1 Å². The van der Waals surface area contributed by atoms with E-state index in [0.717, 1.165) is 13.0 Å². The van der Waals surface area contributed by atoms with E-state index in [1.54, 1.807) is 7.11 Å². The van der Waals surface area contributed by atoms with Gasteiger partial charge in [-0.05, 0) is 39.8 Å². The second kappa shape index (κ2) is 6.02. The summed E-state index contributed by atoms with van der Waals surface area (Å²) >= 11 is 0. The maximum absolute atomic E-state index is 5.17. The lowest BCUT2D eigenvalue weighted by Crippen LogP contribution is -2.00. The average molecular weight is 300 g/mol. The molecule has 0 fully saturated rings. The maximum Gasteiger partial charge on any atom is 0.0502 e. The lowest BCUT2D eigenvalue weighted by molar-refractivity contribution is 0.202. The van der Waals surface area contributed by atoms with Crippen LogP contribution in [-0.2, 0) is 11.2 Å². The number of fused-ring (bicyclic) bond motifs is 3. The zero-order valence-corrected chi connectivity index (χ0v) is 13.3. The fourth-order valence-corrected chi connectivity index (χ4v) is 3.61. The van der Waals surface area contributed by atoms with Crippen LogP contribution in [0.3, 0.4) is 0 Å². The molecular weight excluding hydrogens is 280 g/mol. The Kier molecular flexibility index (Phi) is 3.72. The number of ether oxygens (including phenoxy) is 1. The lowest BCUT2D eigenvalue weighted by Gasteiger charge is -2.15. The van der Waals surface area contributed by atoms with Gasteiger partial charge in [-0.25, -0.2) is 0 Å². The van der Waals surface area contributed by atoms with Crippen LogP contribution in [-0.4, -0.2) is 13.7 Å². The third kappa shape index (κ3) is 2.47. The van der Waals surface area contributed by atoms with Crippen LogP contribution in [0.2, 0.25) is 0 Å². The quantitative estimate of drug-likeness (QED) is 0.513. The topological polar surface area (TPSA) is 9.23 Å². The molecule has 0 saturated heterocycles. The van der Waals surface area contributed by atoms with Crippen LogP contribution in [0.5, 0.6) is 0 Å². The van der Waals surface area contributed by atoms with Crippen molar-refractivity contribution in [3.63, 3.8) is 0 Å². The molecular formula is C22H20O. The molecule has 0 bridgehead atoms. The molecule has 4 rings (SSSR count). The Balaban J connectivity index is 1.76. The zero-order valence-electron chi connectivity index (χ0n) is 13.3. The monoisotopic (exact) mass is 300 g/mol. The summed E-state index contributed by atoms with van der Waals surface area (Å²) < 4.78 is 5.17. The molecule has 0 radical (unpaired) electrons. The highest BCUT2D eigenvalue weighted by atomic mass is 16.5. The first-order valence-corrected chi connectivity index (χ1v) is 8.14. The minimum atomic E-state index is 0.346. The Hall–Kier alpha value is -2.38. The number of rotatable bonds is 4. The molecule has 3 aromatic carbocycles. The Labute approximate surface area is 137 Å². The van der Waals surface area contributed by atoms with E-state index >= 15 is 0 Å². The van der Waals surface area contributed by atoms with Crippen LogP contribution in [0.25, 0.3) is 11.1 Å². The molecule has 23 heavy (non-hydrogen) atoms. The van der Waals surface area contributed by atoms with Gasteiger partial charge in [0.25, 0.3) is 0 Å². The molecule has 0 heterocycles. The first kappa shape index (κ1) is 14.2. The smallest absolute Gasteiger partial charge is 0.0502 e. The fourth-order valence-electron chi connectivity index (χ4n) is 3.61. The van der Waals surface area contributed by atoms with Crippen LogP contribution >= 0.6 is 0 Å². The van der Waals surface area contributed by atoms with Gasteiger partial charge in [0.2, 0.25) is 0 Å². The Bertz CT molecular complexity index is 772. The molecule has 0 atom stereocenters. The maximum atomic E-state index is 5.17.